The molecule has 3 heterocycles. The molecule has 3 aliphatic rings. The molecule has 0 N–H and O–H groups in total. The van der Waals surface area contributed by atoms with Gasteiger partial charge in [-0.1, -0.05) is 144 Å². The summed E-state index contributed by atoms with van der Waals surface area (Å²) in [5.74, 6) is -1.74. The smallest absolute Gasteiger partial charge is 0.346 e. The summed E-state index contributed by atoms with van der Waals surface area (Å²) < 4.78 is 7.10. The van der Waals surface area contributed by atoms with E-state index in [1.807, 2.05) is 121 Å². The Balaban J connectivity index is 1.38. The van der Waals surface area contributed by atoms with E-state index in [0.29, 0.717) is 29.0 Å². The average molecular weight is 687 g/mol. The van der Waals surface area contributed by atoms with Crippen LogP contribution in [0.1, 0.15) is 46.7 Å². The Labute approximate surface area is 295 Å². The van der Waals surface area contributed by atoms with Gasteiger partial charge in [-0.2, -0.15) is 0 Å². The van der Waals surface area contributed by atoms with Crippen LogP contribution in [0.4, 0.5) is 0 Å². The number of oxime groups is 2. The Morgan fingerprint density at radius 3 is 2.02 bits per heavy atom. The van der Waals surface area contributed by atoms with E-state index in [4.69, 9.17) is 42.8 Å². The Hall–Kier alpha value is -4.88. The molecule has 1 saturated heterocycles. The van der Waals surface area contributed by atoms with Gasteiger partial charge in [-0.25, -0.2) is 0 Å². The van der Waals surface area contributed by atoms with Crippen LogP contribution in [-0.2, 0) is 14.4 Å². The van der Waals surface area contributed by atoms with Crippen LogP contribution in [0.2, 0.25) is 10.0 Å². The van der Waals surface area contributed by atoms with E-state index in [1.54, 1.807) is 0 Å². The van der Waals surface area contributed by atoms with Gasteiger partial charge in [0.1, 0.15) is 0 Å². The first-order chi connectivity index (χ1) is 24.0. The van der Waals surface area contributed by atoms with Gasteiger partial charge in [0.25, 0.3) is 5.90 Å². The lowest BCUT2D eigenvalue weighted by Crippen LogP contribution is -2.70. The van der Waals surface area contributed by atoms with Crippen LogP contribution in [0, 0.1) is 0 Å². The van der Waals surface area contributed by atoms with E-state index in [-0.39, 0.29) is 6.04 Å². The van der Waals surface area contributed by atoms with Crippen molar-refractivity contribution in [2.24, 2.45) is 10.3 Å². The maximum atomic E-state index is 7.10. The molecule has 8 heteroatoms. The number of ether oxygens (including phenoxy) is 1. The van der Waals surface area contributed by atoms with Gasteiger partial charge in [0.15, 0.2) is 0 Å². The molecule has 6 nitrogen and oxygen atoms in total. The lowest BCUT2D eigenvalue weighted by Gasteiger charge is -2.52. The standard InChI is InChI=1S/C41H33Cl2N3O3/c1-28(29-15-5-2-6-16-29)46-26-33(25-32-21-11-13-23-35(32)42)41(47-39(45-49-41)31-19-9-4-10-20-31)40(27-46)37(34-22-12-14-24-36(34)43)38(44-48-40)30-17-7-3-8-18-30/h2-25,28,37H,26-27H2,1H3/b33-25+/t28-,37+,40+,41-/m1/s1. The summed E-state index contributed by atoms with van der Waals surface area (Å²) in [6, 6.07) is 45.8. The molecule has 0 bridgehead atoms. The molecule has 0 aromatic heterocycles. The molecule has 0 unspecified atom stereocenters. The van der Waals surface area contributed by atoms with Crippen LogP contribution in [0.15, 0.2) is 155 Å². The number of hydrogen-bond donors (Lipinski definition) is 0. The molecule has 0 saturated carbocycles. The highest BCUT2D eigenvalue weighted by molar-refractivity contribution is 6.32. The number of likely N-dealkylation sites (tertiary alicyclic amines) is 1. The van der Waals surface area contributed by atoms with Gasteiger partial charge in [0.05, 0.1) is 18.2 Å². The fraction of sp³-hybridized carbons (Fsp3) is 0.171. The van der Waals surface area contributed by atoms with Gasteiger partial charge in [-0.3, -0.25) is 4.90 Å². The highest BCUT2D eigenvalue weighted by Crippen LogP contribution is 2.57. The normalized spacial score (nSPS) is 24.6. The molecule has 2 spiro atoms. The minimum atomic E-state index is -1.56. The molecule has 0 amide bonds. The number of nitrogens with zero attached hydrogens (tertiary/aromatic N) is 3. The predicted octanol–water partition coefficient (Wildman–Crippen LogP) is 9.52. The van der Waals surface area contributed by atoms with Gasteiger partial charge in [0, 0.05) is 39.3 Å². The van der Waals surface area contributed by atoms with E-state index in [9.17, 15) is 0 Å². The third-order valence-electron chi connectivity index (χ3n) is 9.71. The molecule has 3 aliphatic heterocycles. The number of hydrogen-bond acceptors (Lipinski definition) is 6. The molecule has 244 valence electrons. The predicted molar refractivity (Wildman–Crippen MR) is 195 cm³/mol. The first kappa shape index (κ1) is 31.4. The van der Waals surface area contributed by atoms with Crippen molar-refractivity contribution >= 4 is 40.9 Å². The molecule has 0 aliphatic carbocycles. The van der Waals surface area contributed by atoms with Crippen LogP contribution in [0.3, 0.4) is 0 Å². The van der Waals surface area contributed by atoms with Crippen LogP contribution in [0.25, 0.3) is 6.08 Å². The topological polar surface area (TPSA) is 55.7 Å². The van der Waals surface area contributed by atoms with Crippen molar-refractivity contribution in [1.29, 1.82) is 0 Å². The largest absolute Gasteiger partial charge is 0.422 e. The molecular formula is C41H33Cl2N3O3. The lowest BCUT2D eigenvalue weighted by molar-refractivity contribution is -0.279. The molecule has 1 fully saturated rings. The zero-order valence-electron chi connectivity index (χ0n) is 26.7. The second-order valence-corrected chi connectivity index (χ2v) is 13.3. The van der Waals surface area contributed by atoms with Crippen molar-refractivity contribution in [3.63, 3.8) is 0 Å². The van der Waals surface area contributed by atoms with Crippen molar-refractivity contribution in [3.05, 3.63) is 183 Å². The minimum Gasteiger partial charge on any atom is -0.422 e. The van der Waals surface area contributed by atoms with Crippen molar-refractivity contribution in [1.82, 2.24) is 4.90 Å². The fourth-order valence-corrected chi connectivity index (χ4v) is 7.65. The maximum absolute atomic E-state index is 7.10. The van der Waals surface area contributed by atoms with E-state index in [1.165, 1.54) is 0 Å². The summed E-state index contributed by atoms with van der Waals surface area (Å²) in [5.41, 5.74) is 4.71. The Morgan fingerprint density at radius 2 is 1.33 bits per heavy atom. The van der Waals surface area contributed by atoms with Crippen LogP contribution >= 0.6 is 23.2 Å². The van der Waals surface area contributed by atoms with Crippen molar-refractivity contribution in [2.75, 3.05) is 13.1 Å². The Kier molecular flexibility index (Phi) is 8.24. The third kappa shape index (κ3) is 5.41. The first-order valence-corrected chi connectivity index (χ1v) is 17.1. The Morgan fingerprint density at radius 1 is 0.714 bits per heavy atom. The summed E-state index contributed by atoms with van der Waals surface area (Å²) in [6.07, 6.45) is 2.05. The molecule has 8 rings (SSSR count). The minimum absolute atomic E-state index is 0.0164. The fourth-order valence-electron chi connectivity index (χ4n) is 7.22. The number of piperidine rings is 1. The SMILES string of the molecule is C[C@H](c1ccccc1)N1C/C(=C\c2ccccc2Cl)[C@@]2(ON=C(c3ccccc3)O2)[C@@]2(C1)ON=C(c1ccccc1)[C@@H]2c1ccccc1Cl. The highest BCUT2D eigenvalue weighted by Gasteiger charge is 2.74. The molecule has 4 atom stereocenters. The summed E-state index contributed by atoms with van der Waals surface area (Å²) >= 11 is 13.9. The number of halogens is 2. The van der Waals surface area contributed by atoms with Gasteiger partial charge in [0.2, 0.25) is 5.60 Å². The molecular weight excluding hydrogens is 653 g/mol. The van der Waals surface area contributed by atoms with Crippen molar-refractivity contribution in [3.8, 4) is 0 Å². The number of fused-ring (bicyclic) bond motifs is 1. The zero-order chi connectivity index (χ0) is 33.4. The summed E-state index contributed by atoms with van der Waals surface area (Å²) in [5, 5.41) is 10.7. The lowest BCUT2D eigenvalue weighted by atomic mass is 9.68. The van der Waals surface area contributed by atoms with Crippen molar-refractivity contribution in [2.45, 2.75) is 30.3 Å². The summed E-state index contributed by atoms with van der Waals surface area (Å²) in [7, 11) is 0. The second-order valence-electron chi connectivity index (χ2n) is 12.5. The Bertz CT molecular complexity index is 2070. The van der Waals surface area contributed by atoms with Crippen molar-refractivity contribution < 1.29 is 14.4 Å². The zero-order valence-corrected chi connectivity index (χ0v) is 28.3. The number of benzene rings is 5. The van der Waals surface area contributed by atoms with Gasteiger partial charge < -0.3 is 14.4 Å². The van der Waals surface area contributed by atoms with Crippen LogP contribution < -0.4 is 0 Å². The van der Waals surface area contributed by atoms with Gasteiger partial charge in [-0.05, 0) is 59.1 Å². The summed E-state index contributed by atoms with van der Waals surface area (Å²) in [4.78, 5) is 16.0. The van der Waals surface area contributed by atoms with Gasteiger partial charge >= 0.3 is 5.79 Å². The van der Waals surface area contributed by atoms with E-state index in [2.05, 4.69) is 41.2 Å². The molecule has 49 heavy (non-hydrogen) atoms. The quantitative estimate of drug-likeness (QED) is 0.179. The van der Waals surface area contributed by atoms with E-state index < -0.39 is 17.3 Å². The summed E-state index contributed by atoms with van der Waals surface area (Å²) in [6.45, 7) is 3.05. The van der Waals surface area contributed by atoms with E-state index in [0.717, 1.165) is 39.1 Å². The number of rotatable bonds is 6. The van der Waals surface area contributed by atoms with Gasteiger partial charge in [-0.15, -0.1) is 0 Å². The van der Waals surface area contributed by atoms with Crippen LogP contribution in [-0.4, -0.2) is 41.0 Å². The molecule has 5 aromatic rings. The first-order valence-electron chi connectivity index (χ1n) is 16.3. The maximum Gasteiger partial charge on any atom is 0.346 e. The monoisotopic (exact) mass is 685 g/mol. The highest BCUT2D eigenvalue weighted by atomic mass is 35.5. The molecule has 0 radical (unpaired) electrons. The average Bonchev–Trinajstić information content (AvgIpc) is 3.76. The third-order valence-corrected chi connectivity index (χ3v) is 10.4. The van der Waals surface area contributed by atoms with Crippen LogP contribution in [0.5, 0.6) is 0 Å². The molecule has 5 aromatic carbocycles. The second kappa shape index (κ2) is 12.9. The van der Waals surface area contributed by atoms with E-state index >= 15 is 0 Å².